The van der Waals surface area contributed by atoms with Crippen LogP contribution in [0, 0.1) is 0 Å². The van der Waals surface area contributed by atoms with Crippen LogP contribution in [0.2, 0.25) is 0 Å². The van der Waals surface area contributed by atoms with E-state index in [0.717, 1.165) is 0 Å². The molecule has 1 aromatic heterocycles. The van der Waals surface area contributed by atoms with Gasteiger partial charge in [0.1, 0.15) is 5.82 Å². The number of carbonyl (C=O) groups excluding carboxylic acids is 2. The van der Waals surface area contributed by atoms with Crippen molar-refractivity contribution >= 4 is 29.1 Å². The number of Topliss-reactive ketones (excluding diaryl/α,β-unsaturated/α-hetero) is 1. The maximum absolute atomic E-state index is 12.5. The molecule has 2 heterocycles. The number of nitrogens with zero attached hydrogens (tertiary/aromatic N) is 1. The number of halogens is 1. The Bertz CT molecular complexity index is 672. The van der Waals surface area contributed by atoms with Crippen molar-refractivity contribution in [1.29, 1.82) is 0 Å². The van der Waals surface area contributed by atoms with E-state index in [-0.39, 0.29) is 5.82 Å². The number of rotatable bonds is 1. The second kappa shape index (κ2) is 4.17. The van der Waals surface area contributed by atoms with Crippen LogP contribution in [0.5, 0.6) is 0 Å². The molecule has 1 unspecified atom stereocenters. The smallest absolute Gasteiger partial charge is 0.259 e. The summed E-state index contributed by atoms with van der Waals surface area (Å²) in [5.74, 6) is -0.770. The lowest BCUT2D eigenvalue weighted by atomic mass is 9.86. The number of benzene rings is 1. The fraction of sp³-hybridized carbons (Fsp3) is 0.0714. The van der Waals surface area contributed by atoms with E-state index in [9.17, 15) is 9.59 Å². The number of nitrogens with one attached hydrogen (secondary N) is 1. The highest BCUT2D eigenvalue weighted by atomic mass is 35.5. The Morgan fingerprint density at radius 3 is 2.53 bits per heavy atom. The molecule has 0 fully saturated rings. The van der Waals surface area contributed by atoms with Crippen LogP contribution in [0.1, 0.15) is 15.9 Å². The minimum atomic E-state index is -1.72. The first-order valence-electron chi connectivity index (χ1n) is 5.70. The number of aromatic nitrogens is 1. The molecule has 1 amide bonds. The summed E-state index contributed by atoms with van der Waals surface area (Å²) in [6.07, 6.45) is 1.51. The van der Waals surface area contributed by atoms with E-state index in [1.807, 2.05) is 0 Å². The highest BCUT2D eigenvalue weighted by molar-refractivity contribution is 6.51. The van der Waals surface area contributed by atoms with Crippen molar-refractivity contribution in [2.75, 3.05) is 5.32 Å². The number of pyridine rings is 1. The monoisotopic (exact) mass is 272 g/mol. The van der Waals surface area contributed by atoms with E-state index in [4.69, 9.17) is 11.6 Å². The Hall–Kier alpha value is -2.20. The van der Waals surface area contributed by atoms with Crippen molar-refractivity contribution in [2.45, 2.75) is 4.87 Å². The van der Waals surface area contributed by atoms with E-state index < -0.39 is 16.6 Å². The minimum Gasteiger partial charge on any atom is -0.308 e. The fourth-order valence-electron chi connectivity index (χ4n) is 2.10. The maximum Gasteiger partial charge on any atom is 0.259 e. The predicted octanol–water partition coefficient (Wildman–Crippen LogP) is 2.35. The van der Waals surface area contributed by atoms with Gasteiger partial charge in [-0.1, -0.05) is 41.9 Å². The Balaban J connectivity index is 2.19. The summed E-state index contributed by atoms with van der Waals surface area (Å²) < 4.78 is 0. The van der Waals surface area contributed by atoms with Gasteiger partial charge in [0.2, 0.25) is 10.7 Å². The van der Waals surface area contributed by atoms with Crippen molar-refractivity contribution in [3.05, 3.63) is 59.8 Å². The first-order valence-corrected chi connectivity index (χ1v) is 6.07. The third-order valence-corrected chi connectivity index (χ3v) is 3.64. The van der Waals surface area contributed by atoms with Gasteiger partial charge in [-0.05, 0) is 17.7 Å². The van der Waals surface area contributed by atoms with E-state index in [1.165, 1.54) is 6.20 Å². The van der Waals surface area contributed by atoms with Crippen LogP contribution < -0.4 is 5.32 Å². The van der Waals surface area contributed by atoms with E-state index >= 15 is 0 Å². The summed E-state index contributed by atoms with van der Waals surface area (Å²) in [5, 5.41) is 2.58. The third-order valence-electron chi connectivity index (χ3n) is 3.08. The quantitative estimate of drug-likeness (QED) is 0.640. The summed E-state index contributed by atoms with van der Waals surface area (Å²) in [5.41, 5.74) is 0.773. The molecule has 3 rings (SSSR count). The zero-order valence-electron chi connectivity index (χ0n) is 9.76. The van der Waals surface area contributed by atoms with Gasteiger partial charge in [-0.2, -0.15) is 0 Å². The number of anilines is 1. The average Bonchev–Trinajstić information content (AvgIpc) is 2.46. The van der Waals surface area contributed by atoms with Gasteiger partial charge in [0, 0.05) is 6.20 Å². The van der Waals surface area contributed by atoms with Crippen molar-refractivity contribution in [3.8, 4) is 0 Å². The van der Waals surface area contributed by atoms with Crippen molar-refractivity contribution in [2.24, 2.45) is 0 Å². The molecule has 1 atom stereocenters. The van der Waals surface area contributed by atoms with Gasteiger partial charge in [-0.3, -0.25) is 9.59 Å². The zero-order valence-corrected chi connectivity index (χ0v) is 10.5. The topological polar surface area (TPSA) is 59.1 Å². The summed E-state index contributed by atoms with van der Waals surface area (Å²) in [7, 11) is 0. The molecule has 2 aromatic rings. The second-order valence-electron chi connectivity index (χ2n) is 4.21. The van der Waals surface area contributed by atoms with Crippen LogP contribution in [-0.4, -0.2) is 16.7 Å². The largest absolute Gasteiger partial charge is 0.308 e. The molecule has 5 heteroatoms. The molecule has 1 aromatic carbocycles. The number of ketones is 1. The number of amides is 1. The molecule has 19 heavy (non-hydrogen) atoms. The summed E-state index contributed by atoms with van der Waals surface area (Å²) in [6.45, 7) is 0. The summed E-state index contributed by atoms with van der Waals surface area (Å²) >= 11 is 6.34. The minimum absolute atomic E-state index is 0.254. The molecular formula is C14H9ClN2O2. The fourth-order valence-corrected chi connectivity index (χ4v) is 2.38. The van der Waals surface area contributed by atoms with Crippen LogP contribution in [0.3, 0.4) is 0 Å². The molecule has 4 nitrogen and oxygen atoms in total. The average molecular weight is 273 g/mol. The molecule has 0 bridgehead atoms. The Kier molecular flexibility index (Phi) is 2.61. The van der Waals surface area contributed by atoms with Gasteiger partial charge in [0.15, 0.2) is 0 Å². The maximum atomic E-state index is 12.5. The SMILES string of the molecule is O=C1Nc2ncccc2C(=O)C1(Cl)c1ccccc1. The number of alkyl halides is 1. The van der Waals surface area contributed by atoms with Crippen molar-refractivity contribution in [1.82, 2.24) is 4.98 Å². The first-order chi connectivity index (χ1) is 9.14. The molecule has 0 radical (unpaired) electrons. The Labute approximate surface area is 114 Å². The standard InChI is InChI=1S/C14H9ClN2O2/c15-14(9-5-2-1-3-6-9)11(18)10-7-4-8-16-12(10)17-13(14)19/h1-8H,(H,16,17,19). The van der Waals surface area contributed by atoms with Gasteiger partial charge in [0.25, 0.3) is 5.91 Å². The summed E-state index contributed by atoms with van der Waals surface area (Å²) in [6, 6.07) is 11.8. The van der Waals surface area contributed by atoms with Crippen LogP contribution in [-0.2, 0) is 9.67 Å². The third kappa shape index (κ3) is 1.64. The molecular weight excluding hydrogens is 264 g/mol. The van der Waals surface area contributed by atoms with Crippen LogP contribution in [0.4, 0.5) is 5.82 Å². The molecule has 94 valence electrons. The molecule has 1 N–H and O–H groups in total. The first kappa shape index (κ1) is 11.9. The van der Waals surface area contributed by atoms with E-state index in [2.05, 4.69) is 10.3 Å². The lowest BCUT2D eigenvalue weighted by Crippen LogP contribution is -2.46. The normalized spacial score (nSPS) is 21.7. The van der Waals surface area contributed by atoms with Gasteiger partial charge < -0.3 is 5.32 Å². The number of hydrogen-bond acceptors (Lipinski definition) is 3. The molecule has 0 saturated heterocycles. The van der Waals surface area contributed by atoms with Gasteiger partial charge in [0.05, 0.1) is 5.56 Å². The molecule has 0 spiro atoms. The molecule has 1 aliphatic heterocycles. The van der Waals surface area contributed by atoms with Crippen LogP contribution >= 0.6 is 11.6 Å². The zero-order chi connectivity index (χ0) is 13.5. The number of carbonyl (C=O) groups is 2. The number of fused-ring (bicyclic) bond motifs is 1. The number of hydrogen-bond donors (Lipinski definition) is 1. The van der Waals surface area contributed by atoms with Gasteiger partial charge >= 0.3 is 0 Å². The Morgan fingerprint density at radius 2 is 1.79 bits per heavy atom. The summed E-state index contributed by atoms with van der Waals surface area (Å²) in [4.78, 5) is 26.9. The second-order valence-corrected chi connectivity index (χ2v) is 4.77. The highest BCUT2D eigenvalue weighted by Crippen LogP contribution is 2.38. The lowest BCUT2D eigenvalue weighted by Gasteiger charge is -2.29. The van der Waals surface area contributed by atoms with Crippen molar-refractivity contribution in [3.63, 3.8) is 0 Å². The van der Waals surface area contributed by atoms with Gasteiger partial charge in [-0.25, -0.2) is 4.98 Å². The highest BCUT2D eigenvalue weighted by Gasteiger charge is 2.50. The molecule has 1 aliphatic rings. The lowest BCUT2D eigenvalue weighted by molar-refractivity contribution is -0.118. The van der Waals surface area contributed by atoms with E-state index in [1.54, 1.807) is 42.5 Å². The van der Waals surface area contributed by atoms with Gasteiger partial charge in [-0.15, -0.1) is 0 Å². The molecule has 0 aliphatic carbocycles. The Morgan fingerprint density at radius 1 is 1.05 bits per heavy atom. The van der Waals surface area contributed by atoms with Crippen LogP contribution in [0.15, 0.2) is 48.7 Å². The molecule has 0 saturated carbocycles. The predicted molar refractivity (Wildman–Crippen MR) is 71.2 cm³/mol. The van der Waals surface area contributed by atoms with Crippen LogP contribution in [0.25, 0.3) is 0 Å². The van der Waals surface area contributed by atoms with E-state index in [0.29, 0.717) is 11.1 Å². The van der Waals surface area contributed by atoms with Crippen molar-refractivity contribution < 1.29 is 9.59 Å².